The van der Waals surface area contributed by atoms with Crippen LogP contribution < -0.4 is 10.6 Å². The third kappa shape index (κ3) is 8.83. The fourth-order valence-corrected chi connectivity index (χ4v) is 2.89. The molecule has 1 aromatic heterocycles. The van der Waals surface area contributed by atoms with Gasteiger partial charge in [-0.25, -0.2) is 0 Å². The van der Waals surface area contributed by atoms with Crippen LogP contribution >= 0.6 is 24.0 Å². The van der Waals surface area contributed by atoms with E-state index in [1.165, 1.54) is 0 Å². The summed E-state index contributed by atoms with van der Waals surface area (Å²) in [6.45, 7) is 9.53. The van der Waals surface area contributed by atoms with Crippen molar-refractivity contribution in [3.8, 4) is 0 Å². The van der Waals surface area contributed by atoms with Crippen LogP contribution in [0, 0.1) is 0 Å². The number of nitrogens with one attached hydrogen (secondary N) is 2. The smallest absolute Gasteiger partial charge is 0.234 e. The molecule has 2 rings (SSSR count). The molecule has 1 amide bonds. The minimum Gasteiger partial charge on any atom is -0.383 e. The summed E-state index contributed by atoms with van der Waals surface area (Å²) in [5, 5.41) is 10.2. The van der Waals surface area contributed by atoms with Gasteiger partial charge in [0.05, 0.1) is 13.2 Å². The number of piperazine rings is 1. The first kappa shape index (κ1) is 25.6. The number of guanidine groups is 1. The quantitative estimate of drug-likeness (QED) is 0.206. The van der Waals surface area contributed by atoms with Crippen molar-refractivity contribution in [1.82, 2.24) is 30.6 Å². The van der Waals surface area contributed by atoms with Crippen LogP contribution in [0.2, 0.25) is 0 Å². The molecule has 0 spiro atoms. The second-order valence-corrected chi connectivity index (χ2v) is 7.03. The number of aromatic nitrogens is 2. The van der Waals surface area contributed by atoms with Crippen LogP contribution in [-0.2, 0) is 16.0 Å². The number of rotatable bonds is 9. The Bertz CT molecular complexity index is 631. The first-order valence-electron chi connectivity index (χ1n) is 9.79. The Morgan fingerprint density at radius 2 is 1.97 bits per heavy atom. The molecule has 1 fully saturated rings. The van der Waals surface area contributed by atoms with Gasteiger partial charge in [0.1, 0.15) is 0 Å². The van der Waals surface area contributed by atoms with Crippen LogP contribution in [0.4, 0.5) is 0 Å². The van der Waals surface area contributed by atoms with E-state index in [1.54, 1.807) is 14.2 Å². The maximum Gasteiger partial charge on any atom is 0.234 e. The van der Waals surface area contributed by atoms with Gasteiger partial charge in [0.25, 0.3) is 0 Å². The number of carbonyl (C=O) groups excluding carboxylic acids is 1. The van der Waals surface area contributed by atoms with Crippen molar-refractivity contribution in [2.45, 2.75) is 26.2 Å². The summed E-state index contributed by atoms with van der Waals surface area (Å²) in [5.41, 5.74) is 0. The van der Waals surface area contributed by atoms with Crippen LogP contribution in [0.25, 0.3) is 0 Å². The zero-order valence-electron chi connectivity index (χ0n) is 17.8. The van der Waals surface area contributed by atoms with E-state index in [2.05, 4.69) is 35.6 Å². The summed E-state index contributed by atoms with van der Waals surface area (Å²) >= 11 is 0. The van der Waals surface area contributed by atoms with Gasteiger partial charge in [0.15, 0.2) is 11.8 Å². The van der Waals surface area contributed by atoms with Gasteiger partial charge in [0.2, 0.25) is 11.8 Å². The van der Waals surface area contributed by atoms with Gasteiger partial charge in [-0.15, -0.1) is 24.0 Å². The summed E-state index contributed by atoms with van der Waals surface area (Å²) in [4.78, 5) is 25.0. The van der Waals surface area contributed by atoms with E-state index < -0.39 is 0 Å². The fraction of sp³-hybridized carbons (Fsp3) is 0.778. The van der Waals surface area contributed by atoms with Crippen molar-refractivity contribution < 1.29 is 14.1 Å². The summed E-state index contributed by atoms with van der Waals surface area (Å²) in [7, 11) is 3.40. The van der Waals surface area contributed by atoms with Crippen molar-refractivity contribution in [2.24, 2.45) is 4.99 Å². The molecule has 166 valence electrons. The Kier molecular flexibility index (Phi) is 12.1. The normalized spacial score (nSPS) is 15.3. The first-order valence-corrected chi connectivity index (χ1v) is 9.79. The molecule has 0 aromatic carbocycles. The highest BCUT2D eigenvalue weighted by Crippen LogP contribution is 2.09. The van der Waals surface area contributed by atoms with E-state index in [4.69, 9.17) is 9.26 Å². The Morgan fingerprint density at radius 1 is 1.24 bits per heavy atom. The summed E-state index contributed by atoms with van der Waals surface area (Å²) in [6, 6.07) is 0. The van der Waals surface area contributed by atoms with Crippen molar-refractivity contribution in [3.05, 3.63) is 11.7 Å². The van der Waals surface area contributed by atoms with E-state index in [-0.39, 0.29) is 35.8 Å². The van der Waals surface area contributed by atoms with Crippen LogP contribution in [-0.4, -0.2) is 98.4 Å². The number of nitrogens with zero attached hydrogens (tertiary/aromatic N) is 5. The molecule has 0 radical (unpaired) electrons. The monoisotopic (exact) mass is 523 g/mol. The average molecular weight is 523 g/mol. The Labute approximate surface area is 189 Å². The molecule has 0 aliphatic carbocycles. The molecule has 29 heavy (non-hydrogen) atoms. The van der Waals surface area contributed by atoms with E-state index in [1.807, 2.05) is 13.8 Å². The number of carbonyl (C=O) groups is 1. The topological polar surface area (TPSA) is 108 Å². The van der Waals surface area contributed by atoms with Gasteiger partial charge in [0, 0.05) is 65.8 Å². The maximum atomic E-state index is 11.9. The minimum absolute atomic E-state index is 0. The van der Waals surface area contributed by atoms with Crippen LogP contribution in [0.3, 0.4) is 0 Å². The molecular weight excluding hydrogens is 489 g/mol. The highest BCUT2D eigenvalue weighted by molar-refractivity contribution is 14.0. The number of hydrogen-bond donors (Lipinski definition) is 2. The maximum absolute atomic E-state index is 11.9. The molecular formula is C18H34IN7O3. The molecule has 1 aliphatic rings. The first-order chi connectivity index (χ1) is 13.5. The average Bonchev–Trinajstić information content (AvgIpc) is 3.16. The van der Waals surface area contributed by atoms with E-state index in [0.29, 0.717) is 38.6 Å². The molecule has 0 saturated carbocycles. The van der Waals surface area contributed by atoms with Crippen molar-refractivity contribution in [1.29, 1.82) is 0 Å². The molecule has 2 heterocycles. The number of halogens is 1. The Balaban J connectivity index is 0.00000420. The largest absolute Gasteiger partial charge is 0.383 e. The lowest BCUT2D eigenvalue weighted by atomic mass is 10.2. The summed E-state index contributed by atoms with van der Waals surface area (Å²) in [5.74, 6) is 2.52. The van der Waals surface area contributed by atoms with Gasteiger partial charge in [-0.1, -0.05) is 19.0 Å². The summed E-state index contributed by atoms with van der Waals surface area (Å²) < 4.78 is 10.2. The molecule has 10 nitrogen and oxygen atoms in total. The van der Waals surface area contributed by atoms with Crippen LogP contribution in [0.5, 0.6) is 0 Å². The highest BCUT2D eigenvalue weighted by atomic mass is 127. The molecule has 2 N–H and O–H groups in total. The molecule has 1 aromatic rings. The van der Waals surface area contributed by atoms with Gasteiger partial charge >= 0.3 is 0 Å². The lowest BCUT2D eigenvalue weighted by molar-refractivity contribution is -0.122. The summed E-state index contributed by atoms with van der Waals surface area (Å²) in [6.07, 6.45) is 0.653. The van der Waals surface area contributed by atoms with Crippen molar-refractivity contribution in [3.63, 3.8) is 0 Å². The third-order valence-corrected chi connectivity index (χ3v) is 4.50. The molecule has 0 atom stereocenters. The van der Waals surface area contributed by atoms with Crippen molar-refractivity contribution in [2.75, 3.05) is 66.6 Å². The molecule has 1 aliphatic heterocycles. The van der Waals surface area contributed by atoms with Crippen LogP contribution in [0.1, 0.15) is 31.5 Å². The van der Waals surface area contributed by atoms with E-state index in [0.717, 1.165) is 38.0 Å². The minimum atomic E-state index is 0. The van der Waals surface area contributed by atoms with E-state index >= 15 is 0 Å². The number of amides is 1. The second kappa shape index (κ2) is 13.7. The van der Waals surface area contributed by atoms with Gasteiger partial charge in [-0.2, -0.15) is 4.98 Å². The lowest BCUT2D eigenvalue weighted by Crippen LogP contribution is -2.54. The number of ether oxygens (including phenoxy) is 1. The van der Waals surface area contributed by atoms with Gasteiger partial charge < -0.3 is 24.8 Å². The number of methoxy groups -OCH3 is 1. The number of aliphatic imine (C=N–C) groups is 1. The predicted molar refractivity (Wildman–Crippen MR) is 122 cm³/mol. The number of hydrogen-bond acceptors (Lipinski definition) is 7. The molecule has 0 bridgehead atoms. The van der Waals surface area contributed by atoms with E-state index in [9.17, 15) is 4.79 Å². The zero-order chi connectivity index (χ0) is 20.4. The Morgan fingerprint density at radius 3 is 2.55 bits per heavy atom. The molecule has 1 saturated heterocycles. The second-order valence-electron chi connectivity index (χ2n) is 7.03. The molecule has 11 heteroatoms. The SMILES string of the molecule is CN=C(NCCc1nc(C(C)C)no1)N1CCN(CC(=O)NCCOC)CC1.I. The van der Waals surface area contributed by atoms with Crippen molar-refractivity contribution >= 4 is 35.8 Å². The highest BCUT2D eigenvalue weighted by Gasteiger charge is 2.21. The lowest BCUT2D eigenvalue weighted by Gasteiger charge is -2.36. The van der Waals surface area contributed by atoms with Crippen LogP contribution in [0.15, 0.2) is 9.52 Å². The zero-order valence-corrected chi connectivity index (χ0v) is 20.1. The third-order valence-electron chi connectivity index (χ3n) is 4.50. The fourth-order valence-electron chi connectivity index (χ4n) is 2.89. The predicted octanol–water partition coefficient (Wildman–Crippen LogP) is 0.309. The molecule has 0 unspecified atom stereocenters. The standard InChI is InChI=1S/C18H33N7O3.HI/c1-14(2)17-22-16(28-23-17)5-6-21-18(19-3)25-10-8-24(9-11-25)13-15(26)20-7-12-27-4;/h14H,5-13H2,1-4H3,(H,19,21)(H,20,26);1H. The van der Waals surface area contributed by atoms with Gasteiger partial charge in [-0.05, 0) is 0 Å². The Hall–Kier alpha value is -1.47. The van der Waals surface area contributed by atoms with Gasteiger partial charge in [-0.3, -0.25) is 14.7 Å².